The minimum Gasteiger partial charge on any atom is -0.507 e. The normalized spacial score (nSPS) is 23.3. The Hall–Kier alpha value is -2.96. The summed E-state index contributed by atoms with van der Waals surface area (Å²) in [6, 6.07) is 9.90. The van der Waals surface area contributed by atoms with E-state index in [1.807, 2.05) is 37.4 Å². The van der Waals surface area contributed by atoms with E-state index in [0.29, 0.717) is 17.3 Å². The highest BCUT2D eigenvalue weighted by Crippen LogP contribution is 2.43. The van der Waals surface area contributed by atoms with E-state index in [1.54, 1.807) is 10.7 Å². The molecule has 3 atom stereocenters. The van der Waals surface area contributed by atoms with Gasteiger partial charge in [0, 0.05) is 24.7 Å². The lowest BCUT2D eigenvalue weighted by Crippen LogP contribution is -2.37. The molecule has 1 aromatic carbocycles. The molecule has 150 valence electrons. The minimum absolute atomic E-state index is 0.148. The molecule has 7 nitrogen and oxygen atoms in total. The van der Waals surface area contributed by atoms with E-state index < -0.39 is 0 Å². The van der Waals surface area contributed by atoms with Crippen molar-refractivity contribution in [1.29, 1.82) is 0 Å². The van der Waals surface area contributed by atoms with E-state index in [0.717, 1.165) is 29.0 Å². The highest BCUT2D eigenvalue weighted by Gasteiger charge is 2.36. The SMILES string of the molecule is Cc1cn(-c2ccc(-c3ccc(N(C)C4CC5CC[C@@H](C5)C4)nn3)c(O)c2)nn1. The van der Waals surface area contributed by atoms with Gasteiger partial charge in [-0.25, -0.2) is 4.68 Å². The number of hydrogen-bond donors (Lipinski definition) is 1. The molecule has 2 aliphatic carbocycles. The quantitative estimate of drug-likeness (QED) is 0.731. The molecular weight excluding hydrogens is 364 g/mol. The van der Waals surface area contributed by atoms with Gasteiger partial charge in [0.1, 0.15) is 5.75 Å². The maximum absolute atomic E-state index is 10.5. The Kier molecular flexibility index (Phi) is 4.45. The van der Waals surface area contributed by atoms with E-state index in [4.69, 9.17) is 0 Å². The molecule has 0 aliphatic heterocycles. The van der Waals surface area contributed by atoms with Gasteiger partial charge in [0.05, 0.1) is 23.3 Å². The van der Waals surface area contributed by atoms with Crippen LogP contribution in [-0.4, -0.2) is 43.4 Å². The number of aromatic hydroxyl groups is 1. The van der Waals surface area contributed by atoms with E-state index in [1.165, 1.54) is 32.1 Å². The van der Waals surface area contributed by atoms with Crippen molar-refractivity contribution in [3.8, 4) is 22.7 Å². The highest BCUT2D eigenvalue weighted by molar-refractivity contribution is 5.69. The summed E-state index contributed by atoms with van der Waals surface area (Å²) in [5.41, 5.74) is 2.89. The number of aromatic nitrogens is 5. The summed E-state index contributed by atoms with van der Waals surface area (Å²) in [6.07, 6.45) is 8.54. The Bertz CT molecular complexity index is 1000. The molecule has 29 heavy (non-hydrogen) atoms. The Labute approximate surface area is 170 Å². The third-order valence-corrected chi connectivity index (χ3v) is 6.55. The number of rotatable bonds is 4. The van der Waals surface area contributed by atoms with E-state index >= 15 is 0 Å². The summed E-state index contributed by atoms with van der Waals surface area (Å²) >= 11 is 0. The summed E-state index contributed by atoms with van der Waals surface area (Å²) in [5.74, 6) is 2.82. The van der Waals surface area contributed by atoms with Gasteiger partial charge in [-0.15, -0.1) is 15.3 Å². The van der Waals surface area contributed by atoms with Gasteiger partial charge in [0.2, 0.25) is 0 Å². The topological polar surface area (TPSA) is 80.0 Å². The van der Waals surface area contributed by atoms with Crippen LogP contribution in [-0.2, 0) is 0 Å². The van der Waals surface area contributed by atoms with Crippen LogP contribution >= 0.6 is 0 Å². The largest absolute Gasteiger partial charge is 0.507 e. The predicted octanol–water partition coefficient (Wildman–Crippen LogP) is 3.75. The molecule has 5 rings (SSSR count). The molecule has 2 aliphatic rings. The molecule has 1 N–H and O–H groups in total. The third kappa shape index (κ3) is 3.45. The monoisotopic (exact) mass is 390 g/mol. The number of hydrogen-bond acceptors (Lipinski definition) is 6. The molecule has 3 aromatic rings. The number of aryl methyl sites for hydroxylation is 1. The smallest absolute Gasteiger partial charge is 0.151 e. The van der Waals surface area contributed by atoms with Gasteiger partial charge in [0.25, 0.3) is 0 Å². The van der Waals surface area contributed by atoms with Gasteiger partial charge in [-0.1, -0.05) is 18.1 Å². The van der Waals surface area contributed by atoms with Crippen molar-refractivity contribution < 1.29 is 5.11 Å². The van der Waals surface area contributed by atoms with E-state index in [9.17, 15) is 5.11 Å². The van der Waals surface area contributed by atoms with Crippen molar-refractivity contribution in [3.05, 3.63) is 42.2 Å². The number of nitrogens with zero attached hydrogens (tertiary/aromatic N) is 6. The fourth-order valence-electron chi connectivity index (χ4n) is 4.99. The Morgan fingerprint density at radius 1 is 1.00 bits per heavy atom. The maximum Gasteiger partial charge on any atom is 0.151 e. The number of phenols is 1. The van der Waals surface area contributed by atoms with Crippen LogP contribution < -0.4 is 4.90 Å². The lowest BCUT2D eigenvalue weighted by molar-refractivity contribution is 0.312. The molecular formula is C22H26N6O. The molecule has 0 saturated heterocycles. The number of anilines is 1. The van der Waals surface area contributed by atoms with Crippen molar-refractivity contribution in [2.75, 3.05) is 11.9 Å². The molecule has 2 aromatic heterocycles. The van der Waals surface area contributed by atoms with Crippen LogP contribution in [0.4, 0.5) is 5.82 Å². The van der Waals surface area contributed by atoms with Crippen LogP contribution in [0, 0.1) is 18.8 Å². The van der Waals surface area contributed by atoms with Crippen LogP contribution in [0.5, 0.6) is 5.75 Å². The van der Waals surface area contributed by atoms with Crippen LogP contribution in [0.1, 0.15) is 37.8 Å². The molecule has 2 fully saturated rings. The second-order valence-corrected chi connectivity index (χ2v) is 8.56. The summed E-state index contributed by atoms with van der Waals surface area (Å²) in [7, 11) is 2.13. The summed E-state index contributed by atoms with van der Waals surface area (Å²) in [5, 5.41) is 27.4. The highest BCUT2D eigenvalue weighted by atomic mass is 16.3. The van der Waals surface area contributed by atoms with Gasteiger partial charge in [0.15, 0.2) is 5.82 Å². The predicted molar refractivity (Wildman–Crippen MR) is 111 cm³/mol. The van der Waals surface area contributed by atoms with Crippen molar-refractivity contribution >= 4 is 5.82 Å². The standard InChI is InChI=1S/C22H26N6O/c1-14-13-28(26-23-14)17-5-6-19(21(29)12-17)20-7-8-22(25-24-20)27(2)18-10-15-3-4-16(9-15)11-18/h5-8,12-13,15-16,18,29H,3-4,9-11H2,1-2H3/t15-,16?,18?/m0/s1. The van der Waals surface area contributed by atoms with Crippen LogP contribution in [0.15, 0.2) is 36.5 Å². The van der Waals surface area contributed by atoms with Gasteiger partial charge in [-0.3, -0.25) is 0 Å². The fraction of sp³-hybridized carbons (Fsp3) is 0.455. The first-order valence-electron chi connectivity index (χ1n) is 10.4. The summed E-state index contributed by atoms with van der Waals surface area (Å²) < 4.78 is 1.64. The first-order valence-corrected chi connectivity index (χ1v) is 10.4. The van der Waals surface area contributed by atoms with Crippen LogP contribution in [0.2, 0.25) is 0 Å². The molecule has 2 saturated carbocycles. The van der Waals surface area contributed by atoms with E-state index in [-0.39, 0.29) is 5.75 Å². The molecule has 2 unspecified atom stereocenters. The lowest BCUT2D eigenvalue weighted by atomic mass is 9.85. The first kappa shape index (κ1) is 18.1. The van der Waals surface area contributed by atoms with Gasteiger partial charge in [-0.2, -0.15) is 0 Å². The van der Waals surface area contributed by atoms with Gasteiger partial charge < -0.3 is 10.0 Å². The zero-order valence-corrected chi connectivity index (χ0v) is 16.9. The average molecular weight is 390 g/mol. The average Bonchev–Trinajstić information content (AvgIpc) is 3.32. The first-order chi connectivity index (χ1) is 14.1. The molecule has 7 heteroatoms. The molecule has 2 bridgehead atoms. The Morgan fingerprint density at radius 2 is 1.79 bits per heavy atom. The molecule has 0 spiro atoms. The Morgan fingerprint density at radius 3 is 2.41 bits per heavy atom. The maximum atomic E-state index is 10.5. The van der Waals surface area contributed by atoms with Gasteiger partial charge in [-0.05, 0) is 62.3 Å². The molecule has 0 amide bonds. The number of benzene rings is 1. The van der Waals surface area contributed by atoms with Crippen LogP contribution in [0.25, 0.3) is 16.9 Å². The van der Waals surface area contributed by atoms with Crippen molar-refractivity contribution in [2.24, 2.45) is 11.8 Å². The van der Waals surface area contributed by atoms with Crippen LogP contribution in [0.3, 0.4) is 0 Å². The zero-order chi connectivity index (χ0) is 20.0. The minimum atomic E-state index is 0.148. The lowest BCUT2D eigenvalue weighted by Gasteiger charge is -2.35. The fourth-order valence-corrected chi connectivity index (χ4v) is 4.99. The Balaban J connectivity index is 1.34. The molecule has 2 heterocycles. The second kappa shape index (κ2) is 7.13. The van der Waals surface area contributed by atoms with Crippen molar-refractivity contribution in [2.45, 2.75) is 45.1 Å². The number of phenolic OH excluding ortho intramolecular Hbond substituents is 1. The third-order valence-electron chi connectivity index (χ3n) is 6.55. The summed E-state index contributed by atoms with van der Waals surface area (Å²) in [4.78, 5) is 2.29. The molecule has 0 radical (unpaired) electrons. The second-order valence-electron chi connectivity index (χ2n) is 8.56. The van der Waals surface area contributed by atoms with Crippen molar-refractivity contribution in [1.82, 2.24) is 25.2 Å². The van der Waals surface area contributed by atoms with Gasteiger partial charge >= 0.3 is 0 Å². The zero-order valence-electron chi connectivity index (χ0n) is 16.9. The van der Waals surface area contributed by atoms with Crippen molar-refractivity contribution in [3.63, 3.8) is 0 Å². The van der Waals surface area contributed by atoms with E-state index in [2.05, 4.69) is 32.5 Å². The number of fused-ring (bicyclic) bond motifs is 2. The summed E-state index contributed by atoms with van der Waals surface area (Å²) in [6.45, 7) is 1.88.